The molecule has 6 aromatic carbocycles. The molecule has 46 heavy (non-hydrogen) atoms. The Morgan fingerprint density at radius 2 is 0.848 bits per heavy atom. The van der Waals surface area contributed by atoms with E-state index in [2.05, 4.69) is 77.2 Å². The van der Waals surface area contributed by atoms with Gasteiger partial charge in [-0.2, -0.15) is 12.1 Å². The second-order valence-electron chi connectivity index (χ2n) is 11.0. The van der Waals surface area contributed by atoms with E-state index in [1.54, 1.807) is 0 Å². The summed E-state index contributed by atoms with van der Waals surface area (Å²) in [7, 11) is 11.0. The monoisotopic (exact) mass is 820 g/mol. The van der Waals surface area contributed by atoms with Gasteiger partial charge in [0.15, 0.2) is 8.67 Å². The van der Waals surface area contributed by atoms with Crippen LogP contribution in [0.4, 0.5) is 0 Å². The van der Waals surface area contributed by atoms with Crippen molar-refractivity contribution in [3.05, 3.63) is 154 Å². The van der Waals surface area contributed by atoms with Crippen molar-refractivity contribution in [2.24, 2.45) is 0 Å². The number of hydrogen-bond acceptors (Lipinski definition) is 0. The van der Waals surface area contributed by atoms with E-state index in [-0.39, 0.29) is 0 Å². The van der Waals surface area contributed by atoms with Gasteiger partial charge in [-0.3, -0.25) is 0 Å². The van der Waals surface area contributed by atoms with Crippen LogP contribution in [0.1, 0.15) is 44.5 Å². The van der Waals surface area contributed by atoms with Crippen molar-refractivity contribution >= 4 is 94.5 Å². The quantitative estimate of drug-likeness (QED) is 0.0944. The van der Waals surface area contributed by atoms with Crippen LogP contribution < -0.4 is 0 Å². The fourth-order valence-electron chi connectivity index (χ4n) is 5.33. The molecule has 8 heteroatoms. The van der Waals surface area contributed by atoms with Crippen molar-refractivity contribution in [3.63, 3.8) is 0 Å². The molecule has 0 saturated heterocycles. The third-order valence-electron chi connectivity index (χ3n) is 7.45. The molecule has 0 fully saturated rings. The Morgan fingerprint density at radius 3 is 1.15 bits per heavy atom. The maximum atomic E-state index is 6.69. The number of alkyl halides is 4. The summed E-state index contributed by atoms with van der Waals surface area (Å²) in [6.07, 6.45) is 0. The van der Waals surface area contributed by atoms with Gasteiger partial charge in [0, 0.05) is 9.52 Å². The van der Waals surface area contributed by atoms with Gasteiger partial charge in [-0.15, -0.1) is 68.1 Å². The molecular weight excluding hydrogens is 788 g/mol. The van der Waals surface area contributed by atoms with E-state index in [0.29, 0.717) is 0 Å². The molecule has 0 aliphatic rings. The molecule has 0 atom stereocenters. The third kappa shape index (κ3) is 9.55. The molecule has 0 aliphatic heterocycles. The number of aryl methyl sites for hydroxylation is 4. The first-order valence-electron chi connectivity index (χ1n) is 14.6. The van der Waals surface area contributed by atoms with Gasteiger partial charge in [-0.05, 0) is 11.1 Å². The zero-order valence-corrected chi connectivity index (χ0v) is 34.7. The summed E-state index contributed by atoms with van der Waals surface area (Å²) in [5, 5.41) is 4.72. The van der Waals surface area contributed by atoms with Gasteiger partial charge in [0.2, 0.25) is 0 Å². The third-order valence-corrected chi connectivity index (χ3v) is 9.13. The zero-order chi connectivity index (χ0) is 34.1. The van der Waals surface area contributed by atoms with E-state index in [1.807, 2.05) is 72.8 Å². The van der Waals surface area contributed by atoms with Crippen LogP contribution in [-0.4, -0.2) is 9.52 Å². The predicted octanol–water partition coefficient (Wildman–Crippen LogP) is 13.9. The average Bonchev–Trinajstić information content (AvgIpc) is 3.62. The van der Waals surface area contributed by atoms with Gasteiger partial charge >= 0.3 is 37.9 Å². The van der Waals surface area contributed by atoms with Crippen molar-refractivity contribution < 1.29 is 20.8 Å². The van der Waals surface area contributed by atoms with Crippen LogP contribution in [0.25, 0.3) is 21.5 Å². The van der Waals surface area contributed by atoms with Gasteiger partial charge in [0.05, 0.1) is 0 Å². The van der Waals surface area contributed by atoms with Crippen LogP contribution in [0.3, 0.4) is 0 Å². The van der Waals surface area contributed by atoms with E-state index < -0.39 is 29.5 Å². The minimum absolute atomic E-state index is 0.826. The molecule has 6 aromatic rings. The molecule has 0 aliphatic carbocycles. The van der Waals surface area contributed by atoms with Crippen molar-refractivity contribution in [2.75, 3.05) is 0 Å². The van der Waals surface area contributed by atoms with Crippen molar-refractivity contribution in [3.8, 4) is 0 Å². The number of fused-ring (bicyclic) bond motifs is 2. The molecule has 0 amide bonds. The summed E-state index contributed by atoms with van der Waals surface area (Å²) < 4.78 is -2.07. The van der Waals surface area contributed by atoms with Crippen LogP contribution in [0.15, 0.2) is 109 Å². The molecule has 0 saturated carbocycles. The molecule has 0 aromatic heterocycles. The number of benzene rings is 4. The molecule has 238 valence electrons. The van der Waals surface area contributed by atoms with Gasteiger partial charge in [0.1, 0.15) is 0 Å². The second-order valence-corrected chi connectivity index (χ2v) is 18.4. The fourth-order valence-corrected chi connectivity index (χ4v) is 6.50. The molecular formula is C38H36Cl6SiZr. The first kappa shape index (κ1) is 39.4. The molecule has 0 unspecified atom stereocenters. The van der Waals surface area contributed by atoms with Crippen molar-refractivity contribution in [1.29, 1.82) is 0 Å². The summed E-state index contributed by atoms with van der Waals surface area (Å²) in [6.45, 7) is 12.7. The van der Waals surface area contributed by atoms with Crippen LogP contribution in [0, 0.1) is 27.7 Å². The van der Waals surface area contributed by atoms with E-state index in [4.69, 9.17) is 63.4 Å². The van der Waals surface area contributed by atoms with Gasteiger partial charge < -0.3 is 0 Å². The Bertz CT molecular complexity index is 1690. The summed E-state index contributed by atoms with van der Waals surface area (Å²) in [6, 6.07) is 36.5. The van der Waals surface area contributed by atoms with Gasteiger partial charge in [-0.1, -0.05) is 171 Å². The van der Waals surface area contributed by atoms with Gasteiger partial charge in [-0.25, -0.2) is 0 Å². The molecule has 0 N–H and O–H groups in total. The molecule has 0 heterocycles. The predicted molar refractivity (Wildman–Crippen MR) is 205 cm³/mol. The Hall–Kier alpha value is -1.06. The van der Waals surface area contributed by atoms with E-state index in [1.165, 1.54) is 33.0 Å². The summed E-state index contributed by atoms with van der Waals surface area (Å²) in [5.41, 5.74) is 8.63. The van der Waals surface area contributed by atoms with E-state index in [9.17, 15) is 0 Å². The zero-order valence-electron chi connectivity index (χ0n) is 26.7. The minimum atomic E-state index is -1.03. The van der Waals surface area contributed by atoms with E-state index >= 15 is 0 Å². The number of rotatable bonds is 4. The second kappa shape index (κ2) is 18.1. The number of hydrogen-bond donors (Lipinski definition) is 0. The Morgan fingerprint density at radius 1 is 0.543 bits per heavy atom. The molecule has 0 spiro atoms. The molecule has 2 radical (unpaired) electrons. The fraction of sp³-hybridized carbons (Fsp3) is 0.211. The Labute approximate surface area is 315 Å². The SMILES string of the molecule is C[Si]C.Cc1cc2c(C(Cl)(Cl)c3ccccc3)ccc(C)c2[cH-]1.Cc1cc2c(C(Cl)(Cl)c3ccccc3)ccc(C)c2[cH-]1.[Cl][Zr+2][Cl]. The summed E-state index contributed by atoms with van der Waals surface area (Å²) in [4.78, 5) is 0. The van der Waals surface area contributed by atoms with Crippen molar-refractivity contribution in [1.82, 2.24) is 0 Å². The molecule has 0 bridgehead atoms. The van der Waals surface area contributed by atoms with Crippen LogP contribution in [0.5, 0.6) is 0 Å². The van der Waals surface area contributed by atoms with E-state index in [0.717, 1.165) is 42.5 Å². The topological polar surface area (TPSA) is 0 Å². The van der Waals surface area contributed by atoms with Crippen molar-refractivity contribution in [2.45, 2.75) is 49.5 Å². The average molecular weight is 825 g/mol. The molecule has 6 rings (SSSR count). The van der Waals surface area contributed by atoms with Crippen LogP contribution in [0.2, 0.25) is 13.1 Å². The maximum absolute atomic E-state index is 6.69. The Balaban J connectivity index is 0.000000214. The first-order valence-corrected chi connectivity index (χ1v) is 24.4. The Kier molecular flexibility index (Phi) is 15.5. The summed E-state index contributed by atoms with van der Waals surface area (Å²) >= 11 is 25.9. The first-order chi connectivity index (χ1) is 21.8. The van der Waals surface area contributed by atoms with Crippen LogP contribution in [-0.2, 0) is 29.5 Å². The standard InChI is InChI=1S/2C18H15Cl2.C2H6Si.2ClH.Zr/c2*1-12-10-15-13(2)8-9-17(16(15)11-12)18(19,20)14-6-4-3-5-7-14;1-3-2;;;/h2*3-11H,1-2H3;1-2H3;2*1H;/q2*-1;;;;+4/p-2. The summed E-state index contributed by atoms with van der Waals surface area (Å²) in [5.74, 6) is 0. The molecule has 0 nitrogen and oxygen atoms in total. The van der Waals surface area contributed by atoms with Gasteiger partial charge in [0.25, 0.3) is 0 Å². The normalized spacial score (nSPS) is 11.0. The van der Waals surface area contributed by atoms with Crippen LogP contribution >= 0.6 is 63.4 Å². The number of halogens is 6.